The number of hydrogen-bond acceptors (Lipinski definition) is 2. The quantitative estimate of drug-likeness (QED) is 0.683. The van der Waals surface area contributed by atoms with Crippen molar-refractivity contribution < 1.29 is 4.79 Å². The number of nitrogens with one attached hydrogen (secondary N) is 2. The fraction of sp³-hybridized carbons (Fsp3) is 0.636. The van der Waals surface area contributed by atoms with Gasteiger partial charge in [0.05, 0.1) is 0 Å². The van der Waals surface area contributed by atoms with E-state index in [0.29, 0.717) is 12.4 Å². The molecule has 1 heterocycles. The van der Waals surface area contributed by atoms with Crippen molar-refractivity contribution >= 4 is 11.9 Å². The minimum atomic E-state index is -0.514. The molecule has 4 heteroatoms. The number of rotatable bonds is 4. The van der Waals surface area contributed by atoms with E-state index in [1.54, 1.807) is 11.0 Å². The first kappa shape index (κ1) is 11.8. The molecule has 2 amide bonds. The molecule has 1 fully saturated rings. The lowest BCUT2D eigenvalue weighted by Crippen LogP contribution is -2.51. The lowest BCUT2D eigenvalue weighted by Gasteiger charge is -2.37. The van der Waals surface area contributed by atoms with Gasteiger partial charge in [0.1, 0.15) is 11.4 Å². The molecular weight excluding hydrogens is 190 g/mol. The standard InChI is InChI=1S/C11H19N3O/c1-5-7-14-10(15)13-9(12)11(14,4)8(3)6-2/h5,8H,1,6-7H2,2-4H3,(H2,12,13,15). The van der Waals surface area contributed by atoms with Crippen LogP contribution in [0.4, 0.5) is 4.79 Å². The topological polar surface area (TPSA) is 56.2 Å². The third kappa shape index (κ3) is 1.64. The number of hydrogen-bond donors (Lipinski definition) is 2. The first-order chi connectivity index (χ1) is 6.98. The molecule has 15 heavy (non-hydrogen) atoms. The molecule has 4 nitrogen and oxygen atoms in total. The summed E-state index contributed by atoms with van der Waals surface area (Å²) in [5.41, 5.74) is -0.514. The second-order valence-corrected chi connectivity index (χ2v) is 4.16. The monoisotopic (exact) mass is 209 g/mol. The van der Waals surface area contributed by atoms with Crippen LogP contribution in [0.3, 0.4) is 0 Å². The highest BCUT2D eigenvalue weighted by molar-refractivity contribution is 6.08. The summed E-state index contributed by atoms with van der Waals surface area (Å²) in [4.78, 5) is 13.3. The van der Waals surface area contributed by atoms with Gasteiger partial charge in [-0.05, 0) is 12.8 Å². The highest BCUT2D eigenvalue weighted by atomic mass is 16.2. The average Bonchev–Trinajstić information content (AvgIpc) is 2.42. The third-order valence-corrected chi connectivity index (χ3v) is 3.43. The molecule has 0 radical (unpaired) electrons. The Morgan fingerprint density at radius 1 is 1.73 bits per heavy atom. The lowest BCUT2D eigenvalue weighted by molar-refractivity contribution is 0.158. The number of nitrogens with zero attached hydrogens (tertiary/aromatic N) is 1. The summed E-state index contributed by atoms with van der Waals surface area (Å²) in [7, 11) is 0. The zero-order valence-corrected chi connectivity index (χ0v) is 9.63. The van der Waals surface area contributed by atoms with Gasteiger partial charge in [0.25, 0.3) is 0 Å². The Kier molecular flexibility index (Phi) is 3.17. The van der Waals surface area contributed by atoms with Crippen LogP contribution in [0.1, 0.15) is 27.2 Å². The predicted octanol–water partition coefficient (Wildman–Crippen LogP) is 1.98. The van der Waals surface area contributed by atoms with Gasteiger partial charge in [-0.2, -0.15) is 0 Å². The van der Waals surface area contributed by atoms with Crippen LogP contribution in [0.5, 0.6) is 0 Å². The molecular formula is C11H19N3O. The summed E-state index contributed by atoms with van der Waals surface area (Å²) in [6.07, 6.45) is 2.63. The van der Waals surface area contributed by atoms with E-state index in [0.717, 1.165) is 6.42 Å². The second-order valence-electron chi connectivity index (χ2n) is 4.16. The predicted molar refractivity (Wildman–Crippen MR) is 61.0 cm³/mol. The highest BCUT2D eigenvalue weighted by Crippen LogP contribution is 2.31. The zero-order chi connectivity index (χ0) is 11.6. The van der Waals surface area contributed by atoms with Crippen LogP contribution < -0.4 is 5.32 Å². The Labute approximate surface area is 90.8 Å². The van der Waals surface area contributed by atoms with Crippen LogP contribution in [0.25, 0.3) is 0 Å². The Morgan fingerprint density at radius 3 is 2.80 bits per heavy atom. The van der Waals surface area contributed by atoms with Crippen molar-refractivity contribution in [1.82, 2.24) is 10.2 Å². The van der Waals surface area contributed by atoms with Gasteiger partial charge in [0.15, 0.2) is 0 Å². The van der Waals surface area contributed by atoms with Crippen molar-refractivity contribution in [2.24, 2.45) is 5.92 Å². The molecule has 0 aromatic rings. The van der Waals surface area contributed by atoms with Gasteiger partial charge in [-0.15, -0.1) is 6.58 Å². The average molecular weight is 209 g/mol. The zero-order valence-electron chi connectivity index (χ0n) is 9.63. The summed E-state index contributed by atoms with van der Waals surface area (Å²) < 4.78 is 0. The Morgan fingerprint density at radius 2 is 2.33 bits per heavy atom. The van der Waals surface area contributed by atoms with Gasteiger partial charge >= 0.3 is 6.03 Å². The Hall–Kier alpha value is -1.32. The van der Waals surface area contributed by atoms with E-state index >= 15 is 0 Å². The van der Waals surface area contributed by atoms with Crippen molar-refractivity contribution in [3.05, 3.63) is 12.7 Å². The maximum absolute atomic E-state index is 11.6. The molecule has 2 unspecified atom stereocenters. The summed E-state index contributed by atoms with van der Waals surface area (Å²) in [6, 6.07) is -0.192. The van der Waals surface area contributed by atoms with Crippen LogP contribution >= 0.6 is 0 Å². The lowest BCUT2D eigenvalue weighted by atomic mass is 9.83. The van der Waals surface area contributed by atoms with Crippen molar-refractivity contribution in [2.75, 3.05) is 6.54 Å². The van der Waals surface area contributed by atoms with Gasteiger partial charge in [0.2, 0.25) is 0 Å². The van der Waals surface area contributed by atoms with Crippen LogP contribution in [0.15, 0.2) is 12.7 Å². The van der Waals surface area contributed by atoms with Crippen LogP contribution in [-0.2, 0) is 0 Å². The number of amides is 2. The Balaban J connectivity index is 3.05. The largest absolute Gasteiger partial charge is 0.323 e. The molecule has 2 N–H and O–H groups in total. The maximum atomic E-state index is 11.6. The minimum Gasteiger partial charge on any atom is -0.308 e. The molecule has 2 atom stereocenters. The number of carbonyl (C=O) groups excluding carboxylic acids is 1. The van der Waals surface area contributed by atoms with Crippen LogP contribution in [-0.4, -0.2) is 28.9 Å². The summed E-state index contributed by atoms with van der Waals surface area (Å²) in [6.45, 7) is 10.2. The van der Waals surface area contributed by atoms with Crippen molar-refractivity contribution in [2.45, 2.75) is 32.7 Å². The summed E-state index contributed by atoms with van der Waals surface area (Å²) in [5, 5.41) is 10.4. The molecule has 0 aromatic carbocycles. The van der Waals surface area contributed by atoms with Gasteiger partial charge in [-0.3, -0.25) is 10.7 Å². The molecule has 0 aliphatic carbocycles. The van der Waals surface area contributed by atoms with E-state index < -0.39 is 5.54 Å². The second kappa shape index (κ2) is 4.04. The number of amidine groups is 1. The number of carbonyl (C=O) groups is 1. The molecule has 1 aliphatic rings. The molecule has 1 aliphatic heterocycles. The van der Waals surface area contributed by atoms with E-state index in [1.165, 1.54) is 0 Å². The summed E-state index contributed by atoms with van der Waals surface area (Å²) >= 11 is 0. The highest BCUT2D eigenvalue weighted by Gasteiger charge is 2.48. The maximum Gasteiger partial charge on any atom is 0.323 e. The van der Waals surface area contributed by atoms with Crippen LogP contribution in [0, 0.1) is 11.3 Å². The first-order valence-corrected chi connectivity index (χ1v) is 5.27. The normalized spacial score (nSPS) is 27.8. The Bertz CT molecular complexity index is 300. The van der Waals surface area contributed by atoms with Crippen molar-refractivity contribution in [1.29, 1.82) is 5.41 Å². The molecule has 84 valence electrons. The van der Waals surface area contributed by atoms with Gasteiger partial charge < -0.3 is 4.90 Å². The minimum absolute atomic E-state index is 0.192. The molecule has 0 spiro atoms. The molecule has 0 saturated carbocycles. The molecule has 1 rings (SSSR count). The first-order valence-electron chi connectivity index (χ1n) is 5.27. The summed E-state index contributed by atoms with van der Waals surface area (Å²) in [5.74, 6) is 0.549. The van der Waals surface area contributed by atoms with E-state index in [9.17, 15) is 4.79 Å². The van der Waals surface area contributed by atoms with E-state index in [4.69, 9.17) is 5.41 Å². The van der Waals surface area contributed by atoms with Crippen LogP contribution in [0.2, 0.25) is 0 Å². The molecule has 0 bridgehead atoms. The van der Waals surface area contributed by atoms with Gasteiger partial charge in [-0.25, -0.2) is 4.79 Å². The molecule has 1 saturated heterocycles. The molecule has 0 aromatic heterocycles. The van der Waals surface area contributed by atoms with E-state index in [1.807, 2.05) is 6.92 Å². The number of urea groups is 1. The fourth-order valence-electron chi connectivity index (χ4n) is 1.96. The SMILES string of the molecule is C=CCN1C(=O)NC(=N)C1(C)C(C)CC. The van der Waals surface area contributed by atoms with Gasteiger partial charge in [0, 0.05) is 6.54 Å². The fourth-order valence-corrected chi connectivity index (χ4v) is 1.96. The van der Waals surface area contributed by atoms with E-state index in [-0.39, 0.29) is 11.9 Å². The van der Waals surface area contributed by atoms with Crippen molar-refractivity contribution in [3.8, 4) is 0 Å². The van der Waals surface area contributed by atoms with Gasteiger partial charge in [-0.1, -0.05) is 26.3 Å². The third-order valence-electron chi connectivity index (χ3n) is 3.43. The van der Waals surface area contributed by atoms with Crippen molar-refractivity contribution in [3.63, 3.8) is 0 Å². The van der Waals surface area contributed by atoms with E-state index in [2.05, 4.69) is 25.7 Å². The smallest absolute Gasteiger partial charge is 0.308 e.